The second kappa shape index (κ2) is 6.70. The summed E-state index contributed by atoms with van der Waals surface area (Å²) in [7, 11) is 2.03. The van der Waals surface area contributed by atoms with E-state index < -0.39 is 0 Å². The average molecular weight is 335 g/mol. The molecule has 1 aromatic carbocycles. The molecular weight excluding hydrogens is 316 g/mol. The first kappa shape index (κ1) is 14.8. The molecule has 0 radical (unpaired) electrons. The zero-order valence-corrected chi connectivity index (χ0v) is 13.6. The Labute approximate surface area is 128 Å². The summed E-state index contributed by atoms with van der Waals surface area (Å²) in [6.45, 7) is 5.75. The SMILES string of the molecule is CCNc1ncc(Br)c(N(C)Cc2cccc(C)c2)n1. The lowest BCUT2D eigenvalue weighted by Gasteiger charge is -2.20. The van der Waals surface area contributed by atoms with Crippen molar-refractivity contribution in [3.8, 4) is 0 Å². The molecule has 4 nitrogen and oxygen atoms in total. The van der Waals surface area contributed by atoms with Crippen LogP contribution >= 0.6 is 15.9 Å². The fourth-order valence-corrected chi connectivity index (χ4v) is 2.52. The summed E-state index contributed by atoms with van der Waals surface area (Å²) in [6.07, 6.45) is 1.78. The van der Waals surface area contributed by atoms with E-state index >= 15 is 0 Å². The normalized spacial score (nSPS) is 10.4. The van der Waals surface area contributed by atoms with Crippen LogP contribution in [-0.4, -0.2) is 23.6 Å². The highest BCUT2D eigenvalue weighted by Gasteiger charge is 2.10. The van der Waals surface area contributed by atoms with Crippen LogP contribution in [-0.2, 0) is 6.54 Å². The Morgan fingerprint density at radius 1 is 1.35 bits per heavy atom. The number of hydrogen-bond acceptors (Lipinski definition) is 4. The van der Waals surface area contributed by atoms with Gasteiger partial charge in [0, 0.05) is 26.3 Å². The van der Waals surface area contributed by atoms with Gasteiger partial charge in [0.05, 0.1) is 4.47 Å². The number of anilines is 2. The maximum atomic E-state index is 4.54. The van der Waals surface area contributed by atoms with Crippen molar-refractivity contribution in [2.75, 3.05) is 23.8 Å². The van der Waals surface area contributed by atoms with Gasteiger partial charge >= 0.3 is 0 Å². The summed E-state index contributed by atoms with van der Waals surface area (Å²) in [6, 6.07) is 8.51. The Morgan fingerprint density at radius 3 is 2.85 bits per heavy atom. The summed E-state index contributed by atoms with van der Waals surface area (Å²) in [5.41, 5.74) is 2.54. The number of rotatable bonds is 5. The van der Waals surface area contributed by atoms with E-state index in [0.717, 1.165) is 23.4 Å². The molecule has 106 valence electrons. The third-order valence-electron chi connectivity index (χ3n) is 2.92. The second-order valence-corrected chi connectivity index (χ2v) is 5.59. The van der Waals surface area contributed by atoms with Gasteiger partial charge in [0.15, 0.2) is 0 Å². The maximum Gasteiger partial charge on any atom is 0.224 e. The molecule has 0 unspecified atom stereocenters. The van der Waals surface area contributed by atoms with Crippen molar-refractivity contribution in [1.29, 1.82) is 0 Å². The van der Waals surface area contributed by atoms with Gasteiger partial charge < -0.3 is 10.2 Å². The van der Waals surface area contributed by atoms with Gasteiger partial charge in [-0.2, -0.15) is 4.98 Å². The van der Waals surface area contributed by atoms with Gasteiger partial charge in [0.2, 0.25) is 5.95 Å². The van der Waals surface area contributed by atoms with E-state index in [2.05, 4.69) is 67.3 Å². The Bertz CT molecular complexity index is 586. The van der Waals surface area contributed by atoms with Crippen LogP contribution in [0.15, 0.2) is 34.9 Å². The van der Waals surface area contributed by atoms with Crippen molar-refractivity contribution in [2.45, 2.75) is 20.4 Å². The zero-order chi connectivity index (χ0) is 14.5. The number of nitrogens with one attached hydrogen (secondary N) is 1. The predicted octanol–water partition coefficient (Wildman–Crippen LogP) is 3.62. The quantitative estimate of drug-likeness (QED) is 0.906. The highest BCUT2D eigenvalue weighted by molar-refractivity contribution is 9.10. The first-order valence-corrected chi connectivity index (χ1v) is 7.42. The molecule has 1 heterocycles. The van der Waals surface area contributed by atoms with Crippen molar-refractivity contribution in [1.82, 2.24) is 9.97 Å². The molecule has 0 bridgehead atoms. The molecule has 2 aromatic rings. The van der Waals surface area contributed by atoms with E-state index in [1.165, 1.54) is 11.1 Å². The lowest BCUT2D eigenvalue weighted by molar-refractivity contribution is 0.884. The molecule has 0 saturated heterocycles. The lowest BCUT2D eigenvalue weighted by atomic mass is 10.1. The number of nitrogens with zero attached hydrogens (tertiary/aromatic N) is 3. The number of halogens is 1. The molecule has 0 spiro atoms. The van der Waals surface area contributed by atoms with E-state index in [1.807, 2.05) is 14.0 Å². The van der Waals surface area contributed by atoms with Crippen molar-refractivity contribution in [2.24, 2.45) is 0 Å². The Balaban J connectivity index is 2.19. The fourth-order valence-electron chi connectivity index (χ4n) is 2.03. The predicted molar refractivity (Wildman–Crippen MR) is 87.2 cm³/mol. The van der Waals surface area contributed by atoms with Crippen LogP contribution in [0.3, 0.4) is 0 Å². The van der Waals surface area contributed by atoms with Crippen molar-refractivity contribution < 1.29 is 0 Å². The molecule has 1 aromatic heterocycles. The van der Waals surface area contributed by atoms with Crippen molar-refractivity contribution >= 4 is 27.7 Å². The van der Waals surface area contributed by atoms with Crippen molar-refractivity contribution in [3.63, 3.8) is 0 Å². The lowest BCUT2D eigenvalue weighted by Crippen LogP contribution is -2.19. The number of benzene rings is 1. The van der Waals surface area contributed by atoms with Crippen LogP contribution in [0, 0.1) is 6.92 Å². The molecule has 0 aliphatic heterocycles. The van der Waals surface area contributed by atoms with Gasteiger partial charge in [-0.05, 0) is 35.3 Å². The minimum absolute atomic E-state index is 0.654. The van der Waals surface area contributed by atoms with E-state index in [-0.39, 0.29) is 0 Å². The van der Waals surface area contributed by atoms with Crippen molar-refractivity contribution in [3.05, 3.63) is 46.1 Å². The summed E-state index contributed by atoms with van der Waals surface area (Å²) in [5, 5.41) is 3.13. The molecule has 0 aliphatic carbocycles. The molecule has 0 atom stereocenters. The van der Waals surface area contributed by atoms with Crippen LogP contribution in [0.1, 0.15) is 18.1 Å². The molecule has 0 amide bonds. The van der Waals surface area contributed by atoms with Crippen LogP contribution in [0.25, 0.3) is 0 Å². The van der Waals surface area contributed by atoms with Crippen LogP contribution in [0.4, 0.5) is 11.8 Å². The summed E-state index contributed by atoms with van der Waals surface area (Å²) in [5.74, 6) is 1.54. The third-order valence-corrected chi connectivity index (χ3v) is 3.48. The maximum absolute atomic E-state index is 4.54. The standard InChI is InChI=1S/C15H19BrN4/c1-4-17-15-18-9-13(16)14(19-15)20(3)10-12-7-5-6-11(2)8-12/h5-9H,4,10H2,1-3H3,(H,17,18,19). The smallest absolute Gasteiger partial charge is 0.224 e. The molecule has 0 saturated carbocycles. The molecule has 0 fully saturated rings. The Hall–Kier alpha value is -1.62. The first-order valence-electron chi connectivity index (χ1n) is 6.63. The van der Waals surface area contributed by atoms with E-state index in [4.69, 9.17) is 0 Å². The zero-order valence-electron chi connectivity index (χ0n) is 12.0. The van der Waals surface area contributed by atoms with E-state index in [0.29, 0.717) is 5.95 Å². The molecule has 0 aliphatic rings. The Morgan fingerprint density at radius 2 is 2.15 bits per heavy atom. The second-order valence-electron chi connectivity index (χ2n) is 4.74. The molecular formula is C15H19BrN4. The van der Waals surface area contributed by atoms with Gasteiger partial charge in [0.1, 0.15) is 5.82 Å². The summed E-state index contributed by atoms with van der Waals surface area (Å²) < 4.78 is 0.898. The third kappa shape index (κ3) is 3.70. The molecule has 2 rings (SSSR count). The van der Waals surface area contributed by atoms with Gasteiger partial charge in [0.25, 0.3) is 0 Å². The van der Waals surface area contributed by atoms with Crippen LogP contribution in [0.5, 0.6) is 0 Å². The molecule has 1 N–H and O–H groups in total. The highest BCUT2D eigenvalue weighted by Crippen LogP contribution is 2.24. The van der Waals surface area contributed by atoms with Gasteiger partial charge in [-0.1, -0.05) is 29.8 Å². The Kier molecular flexibility index (Phi) is 4.95. The van der Waals surface area contributed by atoms with E-state index in [1.54, 1.807) is 6.20 Å². The number of aryl methyl sites for hydroxylation is 1. The first-order chi connectivity index (χ1) is 9.60. The highest BCUT2D eigenvalue weighted by atomic mass is 79.9. The molecule has 20 heavy (non-hydrogen) atoms. The average Bonchev–Trinajstić information content (AvgIpc) is 2.41. The summed E-state index contributed by atoms with van der Waals surface area (Å²) >= 11 is 3.52. The molecule has 5 heteroatoms. The van der Waals surface area contributed by atoms with Crippen LogP contribution < -0.4 is 10.2 Å². The number of hydrogen-bond donors (Lipinski definition) is 1. The van der Waals surface area contributed by atoms with E-state index in [9.17, 15) is 0 Å². The van der Waals surface area contributed by atoms with Crippen LogP contribution in [0.2, 0.25) is 0 Å². The topological polar surface area (TPSA) is 41.1 Å². The van der Waals surface area contributed by atoms with Gasteiger partial charge in [-0.15, -0.1) is 0 Å². The monoisotopic (exact) mass is 334 g/mol. The fraction of sp³-hybridized carbons (Fsp3) is 0.333. The van der Waals surface area contributed by atoms with Gasteiger partial charge in [-0.25, -0.2) is 4.98 Å². The van der Waals surface area contributed by atoms with Gasteiger partial charge in [-0.3, -0.25) is 0 Å². The minimum Gasteiger partial charge on any atom is -0.354 e. The number of aromatic nitrogens is 2. The minimum atomic E-state index is 0.654. The summed E-state index contributed by atoms with van der Waals surface area (Å²) in [4.78, 5) is 10.9. The largest absolute Gasteiger partial charge is 0.354 e.